The molecule has 1 aromatic rings. The Morgan fingerprint density at radius 2 is 2.33 bits per heavy atom. The third-order valence-electron chi connectivity index (χ3n) is 2.83. The molecule has 2 aliphatic rings. The second kappa shape index (κ2) is 3.22. The fourth-order valence-corrected chi connectivity index (χ4v) is 1.73. The molecule has 0 saturated heterocycles. The minimum Gasteiger partial charge on any atom is -0.335 e. The molecule has 3 rings (SSSR count). The van der Waals surface area contributed by atoms with Crippen molar-refractivity contribution >= 4 is 6.03 Å². The van der Waals surface area contributed by atoms with Crippen LogP contribution < -0.4 is 5.32 Å². The number of urea groups is 1. The van der Waals surface area contributed by atoms with Crippen molar-refractivity contribution in [3.8, 4) is 0 Å². The first-order valence-corrected chi connectivity index (χ1v) is 5.25. The average molecular weight is 207 g/mol. The van der Waals surface area contributed by atoms with E-state index in [0.717, 1.165) is 31.8 Å². The van der Waals surface area contributed by atoms with Crippen LogP contribution in [0.4, 0.5) is 4.79 Å². The SMILES string of the molecule is O=C(NC1CC1)N1CCn2cnnc2C1. The smallest absolute Gasteiger partial charge is 0.318 e. The molecular formula is C9H13N5O. The van der Waals surface area contributed by atoms with Gasteiger partial charge in [0.2, 0.25) is 0 Å². The zero-order valence-corrected chi connectivity index (χ0v) is 8.39. The number of amides is 2. The van der Waals surface area contributed by atoms with E-state index < -0.39 is 0 Å². The van der Waals surface area contributed by atoms with Gasteiger partial charge in [0.25, 0.3) is 0 Å². The van der Waals surface area contributed by atoms with E-state index in [1.807, 2.05) is 4.57 Å². The maximum atomic E-state index is 11.7. The molecule has 2 heterocycles. The van der Waals surface area contributed by atoms with Gasteiger partial charge in [-0.15, -0.1) is 10.2 Å². The predicted octanol–water partition coefficient (Wildman–Crippen LogP) is -0.0343. The summed E-state index contributed by atoms with van der Waals surface area (Å²) in [6.07, 6.45) is 3.96. The fourth-order valence-electron chi connectivity index (χ4n) is 1.73. The number of carbonyl (C=O) groups excluding carboxylic acids is 1. The summed E-state index contributed by atoms with van der Waals surface area (Å²) in [5.74, 6) is 0.868. The molecule has 0 unspecified atom stereocenters. The van der Waals surface area contributed by atoms with Crippen LogP contribution >= 0.6 is 0 Å². The van der Waals surface area contributed by atoms with Crippen LogP contribution in [0.1, 0.15) is 18.7 Å². The molecule has 0 spiro atoms. The van der Waals surface area contributed by atoms with Crippen molar-refractivity contribution in [2.75, 3.05) is 6.54 Å². The lowest BCUT2D eigenvalue weighted by Crippen LogP contribution is -2.44. The van der Waals surface area contributed by atoms with Crippen LogP contribution in [0.2, 0.25) is 0 Å². The Labute approximate surface area is 87.3 Å². The Morgan fingerprint density at radius 3 is 3.13 bits per heavy atom. The number of fused-ring (bicyclic) bond motifs is 1. The van der Waals surface area contributed by atoms with Crippen molar-refractivity contribution in [1.29, 1.82) is 0 Å². The maximum Gasteiger partial charge on any atom is 0.318 e. The van der Waals surface area contributed by atoms with Gasteiger partial charge in [0.15, 0.2) is 5.82 Å². The molecule has 0 aromatic carbocycles. The Kier molecular flexibility index (Phi) is 1.87. The topological polar surface area (TPSA) is 63.1 Å². The standard InChI is InChI=1S/C9H13N5O/c15-9(11-7-1-2-7)13-3-4-14-6-10-12-8(14)5-13/h6-7H,1-5H2,(H,11,15). The summed E-state index contributed by atoms with van der Waals surface area (Å²) in [6, 6.07) is 0.448. The number of hydrogen-bond donors (Lipinski definition) is 1. The van der Waals surface area contributed by atoms with E-state index in [2.05, 4.69) is 15.5 Å². The highest BCUT2D eigenvalue weighted by Crippen LogP contribution is 2.19. The van der Waals surface area contributed by atoms with E-state index in [1.54, 1.807) is 11.2 Å². The lowest BCUT2D eigenvalue weighted by atomic mass is 10.4. The van der Waals surface area contributed by atoms with Crippen molar-refractivity contribution < 1.29 is 4.79 Å². The number of rotatable bonds is 1. The monoisotopic (exact) mass is 207 g/mol. The molecule has 1 fully saturated rings. The molecule has 1 aromatic heterocycles. The lowest BCUT2D eigenvalue weighted by molar-refractivity contribution is 0.181. The lowest BCUT2D eigenvalue weighted by Gasteiger charge is -2.27. The van der Waals surface area contributed by atoms with Crippen LogP contribution in [0.25, 0.3) is 0 Å². The molecule has 0 bridgehead atoms. The second-order valence-corrected chi connectivity index (χ2v) is 4.09. The van der Waals surface area contributed by atoms with Crippen molar-refractivity contribution in [2.45, 2.75) is 32.0 Å². The van der Waals surface area contributed by atoms with Gasteiger partial charge in [-0.2, -0.15) is 0 Å². The Balaban J connectivity index is 1.66. The number of hydrogen-bond acceptors (Lipinski definition) is 3. The number of aromatic nitrogens is 3. The zero-order valence-electron chi connectivity index (χ0n) is 8.39. The fraction of sp³-hybridized carbons (Fsp3) is 0.667. The highest BCUT2D eigenvalue weighted by Gasteiger charge is 2.27. The van der Waals surface area contributed by atoms with Gasteiger partial charge in [0.1, 0.15) is 6.33 Å². The Morgan fingerprint density at radius 1 is 1.47 bits per heavy atom. The van der Waals surface area contributed by atoms with Gasteiger partial charge in [0.05, 0.1) is 6.54 Å². The van der Waals surface area contributed by atoms with Gasteiger partial charge in [0, 0.05) is 19.1 Å². The second-order valence-electron chi connectivity index (χ2n) is 4.09. The first-order valence-electron chi connectivity index (χ1n) is 5.25. The molecule has 15 heavy (non-hydrogen) atoms. The first kappa shape index (κ1) is 8.70. The van der Waals surface area contributed by atoms with Crippen LogP contribution in [0.3, 0.4) is 0 Å². The molecule has 1 aliphatic carbocycles. The average Bonchev–Trinajstić information content (AvgIpc) is 2.94. The van der Waals surface area contributed by atoms with Crippen LogP contribution in [0.15, 0.2) is 6.33 Å². The highest BCUT2D eigenvalue weighted by molar-refractivity contribution is 5.74. The zero-order chi connectivity index (χ0) is 10.3. The Hall–Kier alpha value is -1.59. The van der Waals surface area contributed by atoms with E-state index in [4.69, 9.17) is 0 Å². The van der Waals surface area contributed by atoms with E-state index in [-0.39, 0.29) is 6.03 Å². The van der Waals surface area contributed by atoms with Gasteiger partial charge >= 0.3 is 6.03 Å². The van der Waals surface area contributed by atoms with Crippen molar-refractivity contribution in [3.63, 3.8) is 0 Å². The van der Waals surface area contributed by atoms with Crippen LogP contribution in [0.5, 0.6) is 0 Å². The third kappa shape index (κ3) is 1.67. The minimum atomic E-state index is 0.0340. The van der Waals surface area contributed by atoms with Gasteiger partial charge in [-0.25, -0.2) is 4.79 Å². The number of carbonyl (C=O) groups is 1. The molecule has 0 atom stereocenters. The summed E-state index contributed by atoms with van der Waals surface area (Å²) in [5, 5.41) is 10.8. The molecule has 1 N–H and O–H groups in total. The van der Waals surface area contributed by atoms with E-state index in [9.17, 15) is 4.79 Å². The van der Waals surface area contributed by atoms with Crippen LogP contribution in [-0.2, 0) is 13.1 Å². The summed E-state index contributed by atoms with van der Waals surface area (Å²) >= 11 is 0. The molecule has 6 nitrogen and oxygen atoms in total. The summed E-state index contributed by atoms with van der Waals surface area (Å²) in [5.41, 5.74) is 0. The normalized spacial score (nSPS) is 19.9. The Bertz CT molecular complexity index is 384. The third-order valence-corrected chi connectivity index (χ3v) is 2.83. The largest absolute Gasteiger partial charge is 0.335 e. The number of nitrogens with zero attached hydrogens (tertiary/aromatic N) is 4. The highest BCUT2D eigenvalue weighted by atomic mass is 16.2. The minimum absolute atomic E-state index is 0.0340. The van der Waals surface area contributed by atoms with Gasteiger partial charge in [-0.3, -0.25) is 0 Å². The molecule has 1 saturated carbocycles. The summed E-state index contributed by atoms with van der Waals surface area (Å²) in [4.78, 5) is 13.5. The van der Waals surface area contributed by atoms with E-state index in [1.165, 1.54) is 0 Å². The van der Waals surface area contributed by atoms with Gasteiger partial charge in [-0.05, 0) is 12.8 Å². The van der Waals surface area contributed by atoms with E-state index in [0.29, 0.717) is 12.6 Å². The predicted molar refractivity (Wildman–Crippen MR) is 52.0 cm³/mol. The van der Waals surface area contributed by atoms with Crippen LogP contribution in [0, 0.1) is 0 Å². The summed E-state index contributed by atoms with van der Waals surface area (Å²) in [6.45, 7) is 2.10. The van der Waals surface area contributed by atoms with Crippen molar-refractivity contribution in [3.05, 3.63) is 12.2 Å². The summed E-state index contributed by atoms with van der Waals surface area (Å²) in [7, 11) is 0. The molecule has 1 aliphatic heterocycles. The van der Waals surface area contributed by atoms with Crippen molar-refractivity contribution in [1.82, 2.24) is 25.0 Å². The number of nitrogens with one attached hydrogen (secondary N) is 1. The molecule has 80 valence electrons. The molecule has 2 amide bonds. The van der Waals surface area contributed by atoms with E-state index >= 15 is 0 Å². The summed E-state index contributed by atoms with van der Waals surface area (Å²) < 4.78 is 1.99. The molecular weight excluding hydrogens is 194 g/mol. The van der Waals surface area contributed by atoms with Gasteiger partial charge in [-0.1, -0.05) is 0 Å². The quantitative estimate of drug-likeness (QED) is 0.703. The molecule has 0 radical (unpaired) electrons. The maximum absolute atomic E-state index is 11.7. The van der Waals surface area contributed by atoms with Gasteiger partial charge < -0.3 is 14.8 Å². The first-order chi connectivity index (χ1) is 7.33. The molecule has 6 heteroatoms. The van der Waals surface area contributed by atoms with Crippen LogP contribution in [-0.4, -0.2) is 38.3 Å². The van der Waals surface area contributed by atoms with Crippen molar-refractivity contribution in [2.24, 2.45) is 0 Å².